The Kier molecular flexibility index (Phi) is 57.4. The Morgan fingerprint density at radius 2 is 0.673 bits per heavy atom. The minimum Gasteiger partial charge on any atom is -0.394 e. The standard InChI is InChI=1S/C85H141NO18/c1-3-5-7-9-11-13-15-17-19-21-23-24-25-26-27-28-29-30-31-32-33-34-35-36-37-38-39-40-41-42-43-44-45-47-49-51-53-55-57-59-61-63-73(91)86-68(69(90)62-60-58-56-54-52-50-48-46-22-20-18-16-14-12-10-8-6-4-2)67-99-83-79(97)76(94)81(71(65-88)101-83)104-85-80(98)77(95)82(72(66-89)102-85)103-84-78(96)75(93)74(92)70(64-87)100-84/h5,7,11,13,17,19,23-24,26-27,29-30,32-33,35-36,38-39,41-42,52,54,60,62,68-72,74-85,87-90,92-98H,3-4,6,8-10,12,14-16,18,20-22,25,28,31,34,37,40,43-51,53,55-59,61,63-67H2,1-2H3,(H,86,91)/b7-5-,13-11-,19-17-,24-23-,27-26-,30-29-,33-32-,36-35-,39-38-,42-41-,54-52+,62-60+. The molecule has 3 aliphatic rings. The van der Waals surface area contributed by atoms with Crippen molar-refractivity contribution in [3.8, 4) is 0 Å². The fraction of sp³-hybridized carbons (Fsp3) is 0.706. The van der Waals surface area contributed by atoms with Crippen LogP contribution in [0.3, 0.4) is 0 Å². The van der Waals surface area contributed by atoms with Crippen molar-refractivity contribution in [1.29, 1.82) is 0 Å². The molecule has 0 spiro atoms. The lowest BCUT2D eigenvalue weighted by Crippen LogP contribution is -2.66. The van der Waals surface area contributed by atoms with Crippen LogP contribution < -0.4 is 5.32 Å². The summed E-state index contributed by atoms with van der Waals surface area (Å²) in [6.45, 7) is 1.59. The Labute approximate surface area is 625 Å². The molecule has 3 aliphatic heterocycles. The number of carbonyl (C=O) groups excluding carboxylic acids is 1. The van der Waals surface area contributed by atoms with Gasteiger partial charge in [0, 0.05) is 6.42 Å². The van der Waals surface area contributed by atoms with Crippen molar-refractivity contribution in [2.45, 2.75) is 356 Å². The molecule has 0 aromatic carbocycles. The second-order valence-corrected chi connectivity index (χ2v) is 27.8. The summed E-state index contributed by atoms with van der Waals surface area (Å²) in [6.07, 6.45) is 65.4. The maximum atomic E-state index is 13.5. The number of amides is 1. The highest BCUT2D eigenvalue weighted by Crippen LogP contribution is 2.33. The van der Waals surface area contributed by atoms with Gasteiger partial charge in [-0.2, -0.15) is 0 Å². The van der Waals surface area contributed by atoms with Crippen LogP contribution in [0.15, 0.2) is 146 Å². The fourth-order valence-electron chi connectivity index (χ4n) is 12.5. The van der Waals surface area contributed by atoms with E-state index in [0.29, 0.717) is 12.8 Å². The first-order valence-corrected chi connectivity index (χ1v) is 40.1. The van der Waals surface area contributed by atoms with Gasteiger partial charge in [-0.1, -0.05) is 282 Å². The third-order valence-corrected chi connectivity index (χ3v) is 18.9. The molecule has 0 aromatic heterocycles. The minimum absolute atomic E-state index is 0.221. The van der Waals surface area contributed by atoms with Crippen LogP contribution in [-0.4, -0.2) is 193 Å². The Morgan fingerprint density at radius 3 is 1.08 bits per heavy atom. The lowest BCUT2D eigenvalue weighted by atomic mass is 9.96. The van der Waals surface area contributed by atoms with E-state index in [1.165, 1.54) is 103 Å². The zero-order valence-electron chi connectivity index (χ0n) is 63.4. The van der Waals surface area contributed by atoms with Crippen molar-refractivity contribution in [3.05, 3.63) is 146 Å². The Hall–Kier alpha value is -4.33. The summed E-state index contributed by atoms with van der Waals surface area (Å²) in [6, 6.07) is -1.00. The van der Waals surface area contributed by atoms with Gasteiger partial charge in [0.1, 0.15) is 73.2 Å². The van der Waals surface area contributed by atoms with Crippen molar-refractivity contribution in [3.63, 3.8) is 0 Å². The molecule has 0 saturated carbocycles. The van der Waals surface area contributed by atoms with Gasteiger partial charge in [-0.3, -0.25) is 4.79 Å². The highest BCUT2D eigenvalue weighted by molar-refractivity contribution is 5.76. The Balaban J connectivity index is 1.34. The molecule has 594 valence electrons. The molecule has 17 atom stereocenters. The first-order chi connectivity index (χ1) is 50.8. The molecule has 3 saturated heterocycles. The Morgan fingerprint density at radius 1 is 0.356 bits per heavy atom. The lowest BCUT2D eigenvalue weighted by molar-refractivity contribution is -0.379. The van der Waals surface area contributed by atoms with E-state index < -0.39 is 124 Å². The van der Waals surface area contributed by atoms with Gasteiger partial charge in [0.2, 0.25) is 5.91 Å². The van der Waals surface area contributed by atoms with Gasteiger partial charge in [-0.15, -0.1) is 0 Å². The van der Waals surface area contributed by atoms with E-state index in [2.05, 4.69) is 153 Å². The number of carbonyl (C=O) groups is 1. The topological polar surface area (TPSA) is 307 Å². The number of hydrogen-bond acceptors (Lipinski definition) is 18. The van der Waals surface area contributed by atoms with Crippen molar-refractivity contribution in [2.75, 3.05) is 26.4 Å². The molecular formula is C85H141NO18. The van der Waals surface area contributed by atoms with E-state index >= 15 is 0 Å². The van der Waals surface area contributed by atoms with E-state index in [1.807, 2.05) is 6.08 Å². The van der Waals surface area contributed by atoms with E-state index in [9.17, 15) is 61.0 Å². The predicted molar refractivity (Wildman–Crippen MR) is 415 cm³/mol. The molecule has 19 nitrogen and oxygen atoms in total. The van der Waals surface area contributed by atoms with Crippen molar-refractivity contribution in [2.24, 2.45) is 0 Å². The first kappa shape index (κ1) is 93.9. The van der Waals surface area contributed by atoms with Gasteiger partial charge in [-0.25, -0.2) is 0 Å². The van der Waals surface area contributed by atoms with Crippen LogP contribution in [0.1, 0.15) is 251 Å². The molecular weight excluding hydrogens is 1320 g/mol. The summed E-state index contributed by atoms with van der Waals surface area (Å²) >= 11 is 0. The molecule has 12 N–H and O–H groups in total. The van der Waals surface area contributed by atoms with Crippen LogP contribution in [0.2, 0.25) is 0 Å². The molecule has 3 heterocycles. The molecule has 0 aliphatic carbocycles. The summed E-state index contributed by atoms with van der Waals surface area (Å²) in [4.78, 5) is 13.5. The summed E-state index contributed by atoms with van der Waals surface area (Å²) in [5.41, 5.74) is 0. The number of allylic oxidation sites excluding steroid dienone is 23. The van der Waals surface area contributed by atoms with Gasteiger partial charge in [0.05, 0.1) is 38.6 Å². The van der Waals surface area contributed by atoms with Gasteiger partial charge in [0.25, 0.3) is 0 Å². The van der Waals surface area contributed by atoms with Crippen LogP contribution >= 0.6 is 0 Å². The number of hydrogen-bond donors (Lipinski definition) is 12. The third kappa shape index (κ3) is 43.0. The molecule has 3 rings (SSSR count). The van der Waals surface area contributed by atoms with Gasteiger partial charge >= 0.3 is 0 Å². The van der Waals surface area contributed by atoms with Crippen LogP contribution in [0.25, 0.3) is 0 Å². The van der Waals surface area contributed by atoms with Crippen molar-refractivity contribution < 1.29 is 89.4 Å². The maximum absolute atomic E-state index is 13.5. The summed E-state index contributed by atoms with van der Waals surface area (Å²) in [5, 5.41) is 121. The van der Waals surface area contributed by atoms with Gasteiger partial charge < -0.3 is 89.9 Å². The van der Waals surface area contributed by atoms with Gasteiger partial charge in [-0.05, 0) is 109 Å². The number of aliphatic hydroxyl groups excluding tert-OH is 11. The fourth-order valence-corrected chi connectivity index (χ4v) is 12.5. The molecule has 3 fully saturated rings. The van der Waals surface area contributed by atoms with E-state index in [-0.39, 0.29) is 18.9 Å². The summed E-state index contributed by atoms with van der Waals surface area (Å²) in [7, 11) is 0. The highest BCUT2D eigenvalue weighted by Gasteiger charge is 2.54. The molecule has 0 radical (unpaired) electrons. The predicted octanol–water partition coefficient (Wildman–Crippen LogP) is 13.4. The molecule has 0 bridgehead atoms. The number of aliphatic hydroxyl groups is 11. The van der Waals surface area contributed by atoms with Crippen LogP contribution in [0.4, 0.5) is 0 Å². The zero-order valence-corrected chi connectivity index (χ0v) is 63.4. The molecule has 17 unspecified atom stereocenters. The van der Waals surface area contributed by atoms with E-state index in [0.717, 1.165) is 116 Å². The van der Waals surface area contributed by atoms with Crippen molar-refractivity contribution >= 4 is 5.91 Å². The SMILES string of the molecule is CC/C=C\C/C=C\C/C=C\C/C=C\C/C=C\C/C=C\C/C=C\C/C=C\C/C=C\C/C=C\CCCCCCCCCCCCC(=O)NC(COC1OC(CO)C(OC2OC(CO)C(OC3OC(CO)C(O)C(O)C3O)C(O)C2O)C(O)C1O)C(O)/C=C/CC/C=C/CCCCCCCCCCCCCC. The second kappa shape index (κ2) is 63.6. The van der Waals surface area contributed by atoms with Crippen LogP contribution in [-0.2, 0) is 33.2 Å². The van der Waals surface area contributed by atoms with Gasteiger partial charge in [0.15, 0.2) is 18.9 Å². The minimum atomic E-state index is -1.99. The number of ether oxygens (including phenoxy) is 6. The second-order valence-electron chi connectivity index (χ2n) is 27.8. The van der Waals surface area contributed by atoms with Crippen LogP contribution in [0, 0.1) is 0 Å². The van der Waals surface area contributed by atoms with Crippen molar-refractivity contribution in [1.82, 2.24) is 5.32 Å². The first-order valence-electron chi connectivity index (χ1n) is 40.1. The quantitative estimate of drug-likeness (QED) is 0.0199. The molecule has 1 amide bonds. The largest absolute Gasteiger partial charge is 0.394 e. The number of rotatable bonds is 61. The highest BCUT2D eigenvalue weighted by atomic mass is 16.8. The average molecular weight is 1470 g/mol. The maximum Gasteiger partial charge on any atom is 0.220 e. The number of unbranched alkanes of at least 4 members (excludes halogenated alkanes) is 23. The van der Waals surface area contributed by atoms with E-state index in [1.54, 1.807) is 6.08 Å². The summed E-state index contributed by atoms with van der Waals surface area (Å²) < 4.78 is 34.4. The zero-order chi connectivity index (χ0) is 75.3. The lowest BCUT2D eigenvalue weighted by Gasteiger charge is -2.48. The molecule has 19 heteroatoms. The molecule has 0 aromatic rings. The normalized spacial score (nSPS) is 26.7. The average Bonchev–Trinajstić information content (AvgIpc) is 0.783. The molecule has 104 heavy (non-hydrogen) atoms. The summed E-state index contributed by atoms with van der Waals surface area (Å²) in [5.74, 6) is -0.295. The van der Waals surface area contributed by atoms with Crippen LogP contribution in [0.5, 0.6) is 0 Å². The smallest absolute Gasteiger partial charge is 0.220 e. The monoisotopic (exact) mass is 1460 g/mol. The number of nitrogens with one attached hydrogen (secondary N) is 1. The third-order valence-electron chi connectivity index (χ3n) is 18.9. The van der Waals surface area contributed by atoms with E-state index in [4.69, 9.17) is 28.4 Å². The Bertz CT molecular complexity index is 2450.